The van der Waals surface area contributed by atoms with Crippen LogP contribution in [-0.4, -0.2) is 44.3 Å². The van der Waals surface area contributed by atoms with Crippen LogP contribution in [0.2, 0.25) is 0 Å². The van der Waals surface area contributed by atoms with Crippen molar-refractivity contribution in [3.05, 3.63) is 17.5 Å². The van der Waals surface area contributed by atoms with Crippen molar-refractivity contribution in [2.75, 3.05) is 6.54 Å². The van der Waals surface area contributed by atoms with Gasteiger partial charge in [0.1, 0.15) is 6.04 Å². The molecule has 1 unspecified atom stereocenters. The number of carboxylic acids is 1. The van der Waals surface area contributed by atoms with E-state index < -0.39 is 12.0 Å². The van der Waals surface area contributed by atoms with Crippen molar-refractivity contribution in [1.82, 2.24) is 14.7 Å². The van der Waals surface area contributed by atoms with E-state index in [1.807, 2.05) is 13.0 Å². The van der Waals surface area contributed by atoms with Crippen LogP contribution in [0.15, 0.2) is 6.07 Å². The van der Waals surface area contributed by atoms with Crippen LogP contribution < -0.4 is 0 Å². The van der Waals surface area contributed by atoms with Crippen LogP contribution in [0.1, 0.15) is 30.7 Å². The van der Waals surface area contributed by atoms with Gasteiger partial charge in [0.05, 0.1) is 12.1 Å². The molecule has 1 N–H and O–H groups in total. The number of rotatable bonds is 3. The number of aryl methyl sites for hydroxylation is 2. The number of carbonyl (C=O) groups excluding carboxylic acids is 1. The summed E-state index contributed by atoms with van der Waals surface area (Å²) in [4.78, 5) is 24.9. The fourth-order valence-electron chi connectivity index (χ4n) is 2.57. The molecule has 0 aliphatic carbocycles. The number of aliphatic carboxylic acids is 1. The minimum atomic E-state index is -0.908. The average Bonchev–Trinajstić information content (AvgIpc) is 2.67. The molecule has 1 atom stereocenters. The maximum atomic E-state index is 12.3. The first kappa shape index (κ1) is 13.6. The quantitative estimate of drug-likeness (QED) is 0.874. The van der Waals surface area contributed by atoms with Gasteiger partial charge in [-0.3, -0.25) is 9.48 Å². The summed E-state index contributed by atoms with van der Waals surface area (Å²) in [5, 5.41) is 13.4. The van der Waals surface area contributed by atoms with Gasteiger partial charge in [0.25, 0.3) is 0 Å². The predicted octanol–water partition coefficient (Wildman–Crippen LogP) is 0.737. The molecule has 0 bridgehead atoms. The molecule has 2 rings (SSSR count). The number of aromatic nitrogens is 2. The summed E-state index contributed by atoms with van der Waals surface area (Å²) < 4.78 is 1.67. The first-order chi connectivity index (χ1) is 8.99. The van der Waals surface area contributed by atoms with E-state index in [1.54, 1.807) is 11.7 Å². The van der Waals surface area contributed by atoms with Gasteiger partial charge in [-0.2, -0.15) is 5.10 Å². The zero-order valence-corrected chi connectivity index (χ0v) is 11.3. The Bertz CT molecular complexity index is 495. The Morgan fingerprint density at radius 3 is 2.79 bits per heavy atom. The third kappa shape index (κ3) is 2.94. The maximum Gasteiger partial charge on any atom is 0.326 e. The number of carbonyl (C=O) groups is 2. The Balaban J connectivity index is 2.09. The molecule has 6 heteroatoms. The first-order valence-corrected chi connectivity index (χ1v) is 6.51. The lowest BCUT2D eigenvalue weighted by molar-refractivity contribution is -0.151. The second kappa shape index (κ2) is 5.42. The molecular weight excluding hydrogens is 246 g/mol. The second-order valence-corrected chi connectivity index (χ2v) is 5.01. The molecule has 1 aromatic heterocycles. The monoisotopic (exact) mass is 265 g/mol. The first-order valence-electron chi connectivity index (χ1n) is 6.51. The standard InChI is InChI=1S/C13H19N3O3/c1-9-7-10(15(2)14-9)8-12(17)16-6-4-3-5-11(16)13(18)19/h7,11H,3-6,8H2,1-2H3,(H,18,19). The number of hydrogen-bond acceptors (Lipinski definition) is 3. The number of nitrogens with zero attached hydrogens (tertiary/aromatic N) is 3. The largest absolute Gasteiger partial charge is 0.480 e. The van der Waals surface area contributed by atoms with E-state index in [4.69, 9.17) is 0 Å². The fraction of sp³-hybridized carbons (Fsp3) is 0.615. The Morgan fingerprint density at radius 1 is 1.47 bits per heavy atom. The molecule has 1 saturated heterocycles. The van der Waals surface area contributed by atoms with Gasteiger partial charge in [-0.1, -0.05) is 0 Å². The summed E-state index contributed by atoms with van der Waals surface area (Å²) in [6.45, 7) is 2.40. The molecular formula is C13H19N3O3. The molecule has 1 aliphatic rings. The van der Waals surface area contributed by atoms with Crippen LogP contribution in [-0.2, 0) is 23.1 Å². The smallest absolute Gasteiger partial charge is 0.326 e. The van der Waals surface area contributed by atoms with Crippen LogP contribution in [0.4, 0.5) is 0 Å². The van der Waals surface area contributed by atoms with E-state index in [-0.39, 0.29) is 12.3 Å². The van der Waals surface area contributed by atoms with Crippen LogP contribution in [0.25, 0.3) is 0 Å². The zero-order chi connectivity index (χ0) is 14.0. The topological polar surface area (TPSA) is 75.4 Å². The third-order valence-corrected chi connectivity index (χ3v) is 3.54. The van der Waals surface area contributed by atoms with Gasteiger partial charge in [-0.15, -0.1) is 0 Å². The molecule has 0 aromatic carbocycles. The molecule has 0 saturated carbocycles. The Morgan fingerprint density at radius 2 is 2.21 bits per heavy atom. The van der Waals surface area contributed by atoms with Crippen molar-refractivity contribution in [2.45, 2.75) is 38.6 Å². The Kier molecular flexibility index (Phi) is 3.87. The minimum absolute atomic E-state index is 0.130. The summed E-state index contributed by atoms with van der Waals surface area (Å²) in [5.41, 5.74) is 1.68. The van der Waals surface area contributed by atoms with Gasteiger partial charge in [0.2, 0.25) is 5.91 Å². The highest BCUT2D eigenvalue weighted by Crippen LogP contribution is 2.18. The van der Waals surface area contributed by atoms with E-state index in [1.165, 1.54) is 4.90 Å². The lowest BCUT2D eigenvalue weighted by Crippen LogP contribution is -2.48. The van der Waals surface area contributed by atoms with E-state index >= 15 is 0 Å². The predicted molar refractivity (Wildman–Crippen MR) is 68.6 cm³/mol. The summed E-state index contributed by atoms with van der Waals surface area (Å²) in [6, 6.07) is 1.19. The van der Waals surface area contributed by atoms with Gasteiger partial charge in [0, 0.05) is 19.3 Å². The molecule has 0 radical (unpaired) electrons. The number of carboxylic acid groups (broad SMARTS) is 1. The summed E-state index contributed by atoms with van der Waals surface area (Å²) in [5.74, 6) is -1.04. The molecule has 0 spiro atoms. The highest BCUT2D eigenvalue weighted by Gasteiger charge is 2.32. The summed E-state index contributed by atoms with van der Waals surface area (Å²) in [7, 11) is 1.79. The molecule has 104 valence electrons. The molecule has 1 aliphatic heterocycles. The average molecular weight is 265 g/mol. The summed E-state index contributed by atoms with van der Waals surface area (Å²) >= 11 is 0. The van der Waals surface area contributed by atoms with Crippen molar-refractivity contribution >= 4 is 11.9 Å². The van der Waals surface area contributed by atoms with Gasteiger partial charge < -0.3 is 10.0 Å². The Labute approximate surface area is 112 Å². The third-order valence-electron chi connectivity index (χ3n) is 3.54. The molecule has 1 aromatic rings. The van der Waals surface area contributed by atoms with Crippen molar-refractivity contribution < 1.29 is 14.7 Å². The van der Waals surface area contributed by atoms with Crippen LogP contribution >= 0.6 is 0 Å². The van der Waals surface area contributed by atoms with E-state index in [9.17, 15) is 14.7 Å². The molecule has 1 fully saturated rings. The van der Waals surface area contributed by atoms with Gasteiger partial charge in [-0.25, -0.2) is 4.79 Å². The van der Waals surface area contributed by atoms with Crippen molar-refractivity contribution in [3.8, 4) is 0 Å². The SMILES string of the molecule is Cc1cc(CC(=O)N2CCCCC2C(=O)O)n(C)n1. The van der Waals surface area contributed by atoms with Gasteiger partial charge in [0.15, 0.2) is 0 Å². The lowest BCUT2D eigenvalue weighted by Gasteiger charge is -2.33. The van der Waals surface area contributed by atoms with Gasteiger partial charge in [-0.05, 0) is 32.3 Å². The summed E-state index contributed by atoms with van der Waals surface area (Å²) in [6.07, 6.45) is 2.50. The zero-order valence-electron chi connectivity index (χ0n) is 11.3. The number of amides is 1. The van der Waals surface area contributed by atoms with Crippen molar-refractivity contribution in [3.63, 3.8) is 0 Å². The van der Waals surface area contributed by atoms with Crippen molar-refractivity contribution in [1.29, 1.82) is 0 Å². The molecule has 6 nitrogen and oxygen atoms in total. The number of hydrogen-bond donors (Lipinski definition) is 1. The number of piperidine rings is 1. The molecule has 1 amide bonds. The second-order valence-electron chi connectivity index (χ2n) is 5.01. The van der Waals surface area contributed by atoms with Crippen LogP contribution in [0.3, 0.4) is 0 Å². The van der Waals surface area contributed by atoms with Gasteiger partial charge >= 0.3 is 5.97 Å². The van der Waals surface area contributed by atoms with E-state index in [0.717, 1.165) is 24.2 Å². The van der Waals surface area contributed by atoms with Crippen molar-refractivity contribution in [2.24, 2.45) is 7.05 Å². The normalized spacial score (nSPS) is 19.5. The molecule has 2 heterocycles. The van der Waals surface area contributed by atoms with E-state index in [2.05, 4.69) is 5.10 Å². The fourth-order valence-corrected chi connectivity index (χ4v) is 2.57. The highest BCUT2D eigenvalue weighted by molar-refractivity contribution is 5.85. The minimum Gasteiger partial charge on any atom is -0.480 e. The lowest BCUT2D eigenvalue weighted by atomic mass is 10.0. The van der Waals surface area contributed by atoms with Crippen LogP contribution in [0.5, 0.6) is 0 Å². The van der Waals surface area contributed by atoms with E-state index in [0.29, 0.717) is 13.0 Å². The number of likely N-dealkylation sites (tertiary alicyclic amines) is 1. The Hall–Kier alpha value is -1.85. The van der Waals surface area contributed by atoms with Crippen LogP contribution in [0, 0.1) is 6.92 Å². The highest BCUT2D eigenvalue weighted by atomic mass is 16.4. The maximum absolute atomic E-state index is 12.3. The molecule has 19 heavy (non-hydrogen) atoms.